The van der Waals surface area contributed by atoms with Crippen molar-refractivity contribution in [1.82, 2.24) is 19.5 Å². The number of para-hydroxylation sites is 2. The van der Waals surface area contributed by atoms with E-state index in [-0.39, 0.29) is 0 Å². The summed E-state index contributed by atoms with van der Waals surface area (Å²) in [7, 11) is 0. The van der Waals surface area contributed by atoms with Gasteiger partial charge in [0, 0.05) is 64.1 Å². The normalized spacial score (nSPS) is 11.9. The van der Waals surface area contributed by atoms with Crippen LogP contribution in [0.15, 0.2) is 186 Å². The molecule has 0 aliphatic rings. The van der Waals surface area contributed by atoms with Gasteiger partial charge >= 0.3 is 0 Å². The van der Waals surface area contributed by atoms with Crippen molar-refractivity contribution in [3.8, 4) is 51.0 Å². The van der Waals surface area contributed by atoms with E-state index in [9.17, 15) is 0 Å². The van der Waals surface area contributed by atoms with Gasteiger partial charge < -0.3 is 8.98 Å². The molecule has 8 aromatic carbocycles. The zero-order valence-electron chi connectivity index (χ0n) is 30.4. The third-order valence-electron chi connectivity index (χ3n) is 11.1. The Labute approximate surface area is 330 Å². The summed E-state index contributed by atoms with van der Waals surface area (Å²) in [6.45, 7) is 0. The molecule has 0 aliphatic carbocycles. The molecule has 0 N–H and O–H groups in total. The Morgan fingerprint density at radius 1 is 0.386 bits per heavy atom. The number of fused-ring (bicyclic) bond motifs is 9. The summed E-state index contributed by atoms with van der Waals surface area (Å²) in [6, 6.07) is 63.8. The van der Waals surface area contributed by atoms with Gasteiger partial charge in [0.25, 0.3) is 0 Å². The molecule has 266 valence electrons. The summed E-state index contributed by atoms with van der Waals surface area (Å²) in [5.41, 5.74) is 10.3. The van der Waals surface area contributed by atoms with Crippen molar-refractivity contribution in [1.29, 1.82) is 0 Å². The number of benzene rings is 8. The van der Waals surface area contributed by atoms with Gasteiger partial charge in [0.05, 0.1) is 11.0 Å². The first-order chi connectivity index (χ1) is 28.2. The quantitative estimate of drug-likeness (QED) is 0.176. The first kappa shape index (κ1) is 31.9. The molecule has 0 aliphatic heterocycles. The Hall–Kier alpha value is -7.41. The van der Waals surface area contributed by atoms with Crippen LogP contribution >= 0.6 is 11.3 Å². The minimum atomic E-state index is 0.606. The second-order valence-corrected chi connectivity index (χ2v) is 15.4. The van der Waals surface area contributed by atoms with Gasteiger partial charge in [0.1, 0.15) is 11.2 Å². The summed E-state index contributed by atoms with van der Waals surface area (Å²) in [5.74, 6) is 1.87. The lowest BCUT2D eigenvalue weighted by Crippen LogP contribution is -2.00. The lowest BCUT2D eigenvalue weighted by atomic mass is 9.97. The molecular formula is C51H30N4OS. The summed E-state index contributed by atoms with van der Waals surface area (Å²) >= 11 is 1.84. The fourth-order valence-corrected chi connectivity index (χ4v) is 9.67. The van der Waals surface area contributed by atoms with Crippen LogP contribution in [0.5, 0.6) is 0 Å². The first-order valence-corrected chi connectivity index (χ1v) is 19.8. The molecule has 4 heterocycles. The molecule has 0 amide bonds. The van der Waals surface area contributed by atoms with E-state index in [4.69, 9.17) is 19.4 Å². The molecule has 0 unspecified atom stereocenters. The summed E-state index contributed by atoms with van der Waals surface area (Å²) in [5, 5.41) is 7.05. The number of aromatic nitrogens is 4. The fraction of sp³-hybridized carbons (Fsp3) is 0. The van der Waals surface area contributed by atoms with E-state index in [1.54, 1.807) is 0 Å². The van der Waals surface area contributed by atoms with Crippen LogP contribution in [0.1, 0.15) is 0 Å². The molecule has 0 saturated heterocycles. The highest BCUT2D eigenvalue weighted by Gasteiger charge is 2.20. The maximum Gasteiger partial charge on any atom is 0.164 e. The molecule has 57 heavy (non-hydrogen) atoms. The van der Waals surface area contributed by atoms with Crippen molar-refractivity contribution in [3.05, 3.63) is 182 Å². The Bertz CT molecular complexity index is 3420. The predicted molar refractivity (Wildman–Crippen MR) is 236 cm³/mol. The number of rotatable bonds is 5. The molecule has 0 radical (unpaired) electrons. The molecule has 12 rings (SSSR count). The van der Waals surface area contributed by atoms with Gasteiger partial charge in [-0.3, -0.25) is 0 Å². The SMILES string of the molecule is c1ccc(-c2nc(-c3ccccc3)nc(-c3cccc4oc5cc(-c6cccc7sc8cc(-n9c%10ccccc%10c%10ccccc%109)ccc8c67)ccc5c34)n2)cc1. The van der Waals surface area contributed by atoms with Gasteiger partial charge in [-0.1, -0.05) is 133 Å². The van der Waals surface area contributed by atoms with E-state index in [1.165, 1.54) is 47.5 Å². The molecule has 12 aromatic rings. The van der Waals surface area contributed by atoms with E-state index < -0.39 is 0 Å². The van der Waals surface area contributed by atoms with Crippen LogP contribution in [0.3, 0.4) is 0 Å². The van der Waals surface area contributed by atoms with Crippen LogP contribution < -0.4 is 0 Å². The van der Waals surface area contributed by atoms with Crippen molar-refractivity contribution in [2.45, 2.75) is 0 Å². The van der Waals surface area contributed by atoms with Crippen molar-refractivity contribution in [2.24, 2.45) is 0 Å². The average molecular weight is 747 g/mol. The molecule has 0 bridgehead atoms. The number of nitrogens with zero attached hydrogens (tertiary/aromatic N) is 4. The lowest BCUT2D eigenvalue weighted by Gasteiger charge is -2.09. The second-order valence-electron chi connectivity index (χ2n) is 14.4. The monoisotopic (exact) mass is 746 g/mol. The molecule has 0 atom stereocenters. The van der Waals surface area contributed by atoms with Crippen molar-refractivity contribution in [3.63, 3.8) is 0 Å². The topological polar surface area (TPSA) is 56.7 Å². The highest BCUT2D eigenvalue weighted by molar-refractivity contribution is 7.26. The third-order valence-corrected chi connectivity index (χ3v) is 12.2. The fourth-order valence-electron chi connectivity index (χ4n) is 8.50. The Kier molecular flexibility index (Phi) is 7.03. The van der Waals surface area contributed by atoms with Crippen LogP contribution in [0.25, 0.3) is 115 Å². The van der Waals surface area contributed by atoms with Gasteiger partial charge in [-0.25, -0.2) is 15.0 Å². The van der Waals surface area contributed by atoms with Crippen LogP contribution in [-0.2, 0) is 0 Å². The van der Waals surface area contributed by atoms with E-state index in [2.05, 4.69) is 114 Å². The largest absolute Gasteiger partial charge is 0.456 e. The number of hydrogen-bond acceptors (Lipinski definition) is 5. The van der Waals surface area contributed by atoms with Gasteiger partial charge in [-0.15, -0.1) is 11.3 Å². The standard InChI is InChI=1S/C51H30N4OS/c1-3-13-31(14-4-1)49-52-50(32-15-5-2-6-16-32)54-51(53-49)40-20-11-23-43-47(40)38-27-25-33(29-44(38)56-43)35-19-12-24-45-48(35)39-28-26-34(30-46(39)57-45)55-41-21-9-7-17-36(41)37-18-8-10-22-42(37)55/h1-30H. The Morgan fingerprint density at radius 2 is 1.00 bits per heavy atom. The zero-order chi connectivity index (χ0) is 37.5. The van der Waals surface area contributed by atoms with E-state index in [0.29, 0.717) is 17.5 Å². The molecule has 0 fully saturated rings. The lowest BCUT2D eigenvalue weighted by molar-refractivity contribution is 0.669. The van der Waals surface area contributed by atoms with E-state index in [1.807, 2.05) is 84.1 Å². The van der Waals surface area contributed by atoms with E-state index >= 15 is 0 Å². The molecule has 5 nitrogen and oxygen atoms in total. The van der Waals surface area contributed by atoms with Crippen LogP contribution in [-0.4, -0.2) is 19.5 Å². The summed E-state index contributed by atoms with van der Waals surface area (Å²) < 4.78 is 11.5. The maximum atomic E-state index is 6.64. The van der Waals surface area contributed by atoms with Crippen LogP contribution in [0.2, 0.25) is 0 Å². The molecular weight excluding hydrogens is 717 g/mol. The molecule has 0 spiro atoms. The van der Waals surface area contributed by atoms with Crippen LogP contribution in [0, 0.1) is 0 Å². The summed E-state index contributed by atoms with van der Waals surface area (Å²) in [4.78, 5) is 15.0. The van der Waals surface area contributed by atoms with Gasteiger partial charge in [0.2, 0.25) is 0 Å². The highest BCUT2D eigenvalue weighted by Crippen LogP contribution is 2.44. The predicted octanol–water partition coefficient (Wildman–Crippen LogP) is 13.9. The zero-order valence-corrected chi connectivity index (χ0v) is 31.2. The number of hydrogen-bond donors (Lipinski definition) is 0. The Balaban J connectivity index is 0.997. The minimum Gasteiger partial charge on any atom is -0.456 e. The van der Waals surface area contributed by atoms with E-state index in [0.717, 1.165) is 49.9 Å². The van der Waals surface area contributed by atoms with Gasteiger partial charge in [-0.2, -0.15) is 0 Å². The van der Waals surface area contributed by atoms with Gasteiger partial charge in [0.15, 0.2) is 17.5 Å². The minimum absolute atomic E-state index is 0.606. The smallest absolute Gasteiger partial charge is 0.164 e. The third kappa shape index (κ3) is 5.04. The van der Waals surface area contributed by atoms with Crippen molar-refractivity contribution in [2.75, 3.05) is 0 Å². The Morgan fingerprint density at radius 3 is 1.72 bits per heavy atom. The highest BCUT2D eigenvalue weighted by atomic mass is 32.1. The van der Waals surface area contributed by atoms with Crippen molar-refractivity contribution >= 4 is 75.3 Å². The molecule has 0 saturated carbocycles. The first-order valence-electron chi connectivity index (χ1n) is 19.0. The van der Waals surface area contributed by atoms with Crippen molar-refractivity contribution < 1.29 is 4.42 Å². The number of furan rings is 1. The number of thiophene rings is 1. The maximum absolute atomic E-state index is 6.64. The van der Waals surface area contributed by atoms with Crippen LogP contribution in [0.4, 0.5) is 0 Å². The molecule has 4 aromatic heterocycles. The molecule has 6 heteroatoms. The van der Waals surface area contributed by atoms with Gasteiger partial charge in [-0.05, 0) is 59.7 Å². The average Bonchev–Trinajstić information content (AvgIpc) is 3.96. The summed E-state index contributed by atoms with van der Waals surface area (Å²) in [6.07, 6.45) is 0. The second kappa shape index (κ2) is 12.6.